The zero-order valence-electron chi connectivity index (χ0n) is 14.0. The van der Waals surface area contributed by atoms with Gasteiger partial charge in [-0.05, 0) is 28.8 Å². The molecule has 130 valence electrons. The van der Waals surface area contributed by atoms with E-state index in [4.69, 9.17) is 4.74 Å². The number of carbonyl (C=O) groups is 2. The van der Waals surface area contributed by atoms with Crippen LogP contribution in [-0.2, 0) is 16.0 Å². The Bertz CT molecular complexity index is 902. The second-order valence-corrected chi connectivity index (χ2v) is 6.75. The van der Waals surface area contributed by atoms with Gasteiger partial charge in [0, 0.05) is 10.0 Å². The van der Waals surface area contributed by atoms with Crippen LogP contribution in [0.5, 0.6) is 0 Å². The molecule has 26 heavy (non-hydrogen) atoms. The van der Waals surface area contributed by atoms with Gasteiger partial charge in [-0.1, -0.05) is 82.7 Å². The number of halogens is 1. The molecule has 0 aliphatic rings. The molecule has 0 saturated heterocycles. The van der Waals surface area contributed by atoms with Gasteiger partial charge in [0.05, 0.1) is 6.42 Å². The maximum atomic E-state index is 12.1. The van der Waals surface area contributed by atoms with Crippen LogP contribution in [-0.4, -0.2) is 18.4 Å². The largest absolute Gasteiger partial charge is 0.457 e. The van der Waals surface area contributed by atoms with E-state index in [2.05, 4.69) is 15.9 Å². The molecule has 0 heterocycles. The molecule has 0 N–H and O–H groups in total. The topological polar surface area (TPSA) is 43.4 Å². The second-order valence-electron chi connectivity index (χ2n) is 5.83. The van der Waals surface area contributed by atoms with Gasteiger partial charge < -0.3 is 4.74 Å². The highest BCUT2D eigenvalue weighted by molar-refractivity contribution is 9.10. The highest BCUT2D eigenvalue weighted by Crippen LogP contribution is 2.19. The summed E-state index contributed by atoms with van der Waals surface area (Å²) in [5.74, 6) is -0.639. The normalized spacial score (nSPS) is 10.3. The van der Waals surface area contributed by atoms with Gasteiger partial charge in [-0.25, -0.2) is 0 Å². The van der Waals surface area contributed by atoms with E-state index < -0.39 is 5.97 Å². The molecule has 4 heteroatoms. The van der Waals surface area contributed by atoms with Crippen molar-refractivity contribution in [2.75, 3.05) is 6.61 Å². The third-order valence-electron chi connectivity index (χ3n) is 3.92. The molecule has 0 aromatic heterocycles. The molecule has 0 amide bonds. The van der Waals surface area contributed by atoms with E-state index in [9.17, 15) is 9.59 Å². The Morgan fingerprint density at radius 1 is 0.808 bits per heavy atom. The van der Waals surface area contributed by atoms with Crippen molar-refractivity contribution < 1.29 is 14.3 Å². The standard InChI is InChI=1S/C22H17BrO3/c23-20-8-4-7-19(14-20)21(24)15-26-22(25)13-16-9-11-18(12-10-16)17-5-2-1-3-6-17/h1-12,14H,13,15H2. The summed E-state index contributed by atoms with van der Waals surface area (Å²) in [4.78, 5) is 24.0. The molecule has 3 aromatic carbocycles. The van der Waals surface area contributed by atoms with Crippen LogP contribution < -0.4 is 0 Å². The van der Waals surface area contributed by atoms with Crippen molar-refractivity contribution in [3.05, 3.63) is 94.5 Å². The van der Waals surface area contributed by atoms with E-state index >= 15 is 0 Å². The lowest BCUT2D eigenvalue weighted by atomic mass is 10.0. The van der Waals surface area contributed by atoms with Crippen LogP contribution in [0, 0.1) is 0 Å². The van der Waals surface area contributed by atoms with Gasteiger partial charge in [-0.3, -0.25) is 9.59 Å². The molecule has 0 radical (unpaired) electrons. The summed E-state index contributed by atoms with van der Waals surface area (Å²) in [5.41, 5.74) is 3.58. The van der Waals surface area contributed by atoms with E-state index in [0.29, 0.717) is 5.56 Å². The summed E-state index contributed by atoms with van der Waals surface area (Å²) in [6, 6.07) is 24.8. The van der Waals surface area contributed by atoms with Gasteiger partial charge in [0.25, 0.3) is 0 Å². The average Bonchev–Trinajstić information content (AvgIpc) is 2.67. The van der Waals surface area contributed by atoms with Crippen LogP contribution in [0.25, 0.3) is 11.1 Å². The molecule has 3 aromatic rings. The fraction of sp³-hybridized carbons (Fsp3) is 0.0909. The van der Waals surface area contributed by atoms with E-state index in [1.165, 1.54) is 0 Å². The summed E-state index contributed by atoms with van der Waals surface area (Å²) in [6.07, 6.45) is 0.140. The van der Waals surface area contributed by atoms with Gasteiger partial charge >= 0.3 is 5.97 Å². The first-order valence-electron chi connectivity index (χ1n) is 8.20. The number of carbonyl (C=O) groups excluding carboxylic acids is 2. The predicted molar refractivity (Wildman–Crippen MR) is 105 cm³/mol. The summed E-state index contributed by atoms with van der Waals surface area (Å²) in [5, 5.41) is 0. The minimum atomic E-state index is -0.416. The predicted octanol–water partition coefficient (Wildman–Crippen LogP) is 5.08. The first-order valence-corrected chi connectivity index (χ1v) is 9.00. The van der Waals surface area contributed by atoms with E-state index in [1.807, 2.05) is 60.7 Å². The van der Waals surface area contributed by atoms with Crippen LogP contribution in [0.3, 0.4) is 0 Å². The number of benzene rings is 3. The van der Waals surface area contributed by atoms with E-state index in [0.717, 1.165) is 21.2 Å². The summed E-state index contributed by atoms with van der Waals surface area (Å²) >= 11 is 3.32. The Hall–Kier alpha value is -2.72. The number of hydrogen-bond donors (Lipinski definition) is 0. The van der Waals surface area contributed by atoms with Crippen molar-refractivity contribution >= 4 is 27.7 Å². The zero-order chi connectivity index (χ0) is 18.4. The van der Waals surface area contributed by atoms with E-state index in [1.54, 1.807) is 18.2 Å². The monoisotopic (exact) mass is 408 g/mol. The van der Waals surface area contributed by atoms with Gasteiger partial charge in [0.15, 0.2) is 12.4 Å². The molecule has 3 nitrogen and oxygen atoms in total. The number of ketones is 1. The Kier molecular flexibility index (Phi) is 5.97. The van der Waals surface area contributed by atoms with Crippen molar-refractivity contribution in [3.63, 3.8) is 0 Å². The minimum absolute atomic E-state index is 0.140. The molecule has 3 rings (SSSR count). The third-order valence-corrected chi connectivity index (χ3v) is 4.41. The molecule has 0 aliphatic carbocycles. The maximum absolute atomic E-state index is 12.1. The van der Waals surface area contributed by atoms with Crippen LogP contribution in [0.4, 0.5) is 0 Å². The molecule has 0 fully saturated rings. The lowest BCUT2D eigenvalue weighted by Gasteiger charge is -2.06. The Balaban J connectivity index is 1.54. The quantitative estimate of drug-likeness (QED) is 0.421. The van der Waals surface area contributed by atoms with Crippen molar-refractivity contribution in [3.8, 4) is 11.1 Å². The molecule has 0 spiro atoms. The Labute approximate surface area is 160 Å². The van der Waals surface area contributed by atoms with Crippen molar-refractivity contribution in [2.45, 2.75) is 6.42 Å². The Morgan fingerprint density at radius 3 is 2.19 bits per heavy atom. The third kappa shape index (κ3) is 4.90. The van der Waals surface area contributed by atoms with Crippen LogP contribution >= 0.6 is 15.9 Å². The number of hydrogen-bond acceptors (Lipinski definition) is 3. The number of Topliss-reactive ketones (excluding diaryl/α,β-unsaturated/α-hetero) is 1. The van der Waals surface area contributed by atoms with Gasteiger partial charge in [0.1, 0.15) is 0 Å². The minimum Gasteiger partial charge on any atom is -0.457 e. The molecule has 0 aliphatic heterocycles. The van der Waals surface area contributed by atoms with Crippen LogP contribution in [0.2, 0.25) is 0 Å². The number of ether oxygens (including phenoxy) is 1. The highest BCUT2D eigenvalue weighted by atomic mass is 79.9. The molecular weight excluding hydrogens is 392 g/mol. The smallest absolute Gasteiger partial charge is 0.310 e. The fourth-order valence-electron chi connectivity index (χ4n) is 2.55. The summed E-state index contributed by atoms with van der Waals surface area (Å²) < 4.78 is 5.93. The Morgan fingerprint density at radius 2 is 1.50 bits per heavy atom. The molecule has 0 atom stereocenters. The fourth-order valence-corrected chi connectivity index (χ4v) is 2.95. The van der Waals surface area contributed by atoms with Crippen LogP contribution in [0.1, 0.15) is 15.9 Å². The maximum Gasteiger partial charge on any atom is 0.310 e. The molecule has 0 bridgehead atoms. The highest BCUT2D eigenvalue weighted by Gasteiger charge is 2.11. The van der Waals surface area contributed by atoms with Crippen LogP contribution in [0.15, 0.2) is 83.3 Å². The van der Waals surface area contributed by atoms with Gasteiger partial charge in [-0.2, -0.15) is 0 Å². The summed E-state index contributed by atoms with van der Waals surface area (Å²) in [6.45, 7) is -0.253. The van der Waals surface area contributed by atoms with Gasteiger partial charge in [-0.15, -0.1) is 0 Å². The molecule has 0 saturated carbocycles. The van der Waals surface area contributed by atoms with Crippen molar-refractivity contribution in [2.24, 2.45) is 0 Å². The van der Waals surface area contributed by atoms with Crippen molar-refractivity contribution in [1.29, 1.82) is 0 Å². The first-order chi connectivity index (χ1) is 12.6. The SMILES string of the molecule is O=C(Cc1ccc(-c2ccccc2)cc1)OCC(=O)c1cccc(Br)c1. The number of rotatable bonds is 6. The van der Waals surface area contributed by atoms with Gasteiger partial charge in [0.2, 0.25) is 0 Å². The second kappa shape index (κ2) is 8.59. The molecular formula is C22H17BrO3. The number of esters is 1. The zero-order valence-corrected chi connectivity index (χ0v) is 15.6. The van der Waals surface area contributed by atoms with E-state index in [-0.39, 0.29) is 18.8 Å². The lowest BCUT2D eigenvalue weighted by Crippen LogP contribution is -2.15. The average molecular weight is 409 g/mol. The van der Waals surface area contributed by atoms with Crippen molar-refractivity contribution in [1.82, 2.24) is 0 Å². The lowest BCUT2D eigenvalue weighted by molar-refractivity contribution is -0.141. The summed E-state index contributed by atoms with van der Waals surface area (Å²) in [7, 11) is 0. The first kappa shape index (κ1) is 18.1. The molecule has 0 unspecified atom stereocenters.